The number of hydrogen-bond acceptors (Lipinski definition) is 5. The molecular formula is C12H15NO4. The minimum atomic E-state index is -0.981. The molecule has 0 aliphatic rings. The number of carbonyl (C=O) groups excluding carboxylic acids is 2. The standard InChI is InChI=1S/C12H15NO4/c1-3-17-12(15)10(13)8-6-4-5-7-9(8)11(14)16-2/h4-7,10H,3,13H2,1-2H3/t10-/m1/s1. The van der Waals surface area contributed by atoms with E-state index < -0.39 is 18.0 Å². The molecule has 0 saturated carbocycles. The molecule has 17 heavy (non-hydrogen) atoms. The number of benzene rings is 1. The first-order valence-electron chi connectivity index (χ1n) is 5.21. The highest BCUT2D eigenvalue weighted by atomic mass is 16.5. The molecule has 0 aliphatic heterocycles. The van der Waals surface area contributed by atoms with Gasteiger partial charge in [0.25, 0.3) is 0 Å². The second-order valence-corrected chi connectivity index (χ2v) is 3.31. The van der Waals surface area contributed by atoms with Crippen molar-refractivity contribution >= 4 is 11.9 Å². The number of ether oxygens (including phenoxy) is 2. The third kappa shape index (κ3) is 3.04. The Kier molecular flexibility index (Phi) is 4.66. The van der Waals surface area contributed by atoms with Crippen molar-refractivity contribution < 1.29 is 19.1 Å². The smallest absolute Gasteiger partial charge is 0.338 e. The van der Waals surface area contributed by atoms with Crippen molar-refractivity contribution in [2.45, 2.75) is 13.0 Å². The zero-order chi connectivity index (χ0) is 12.8. The van der Waals surface area contributed by atoms with E-state index in [2.05, 4.69) is 4.74 Å². The van der Waals surface area contributed by atoms with Crippen LogP contribution >= 0.6 is 0 Å². The monoisotopic (exact) mass is 237 g/mol. The lowest BCUT2D eigenvalue weighted by molar-refractivity contribution is -0.144. The zero-order valence-corrected chi connectivity index (χ0v) is 9.80. The van der Waals surface area contributed by atoms with Crippen LogP contribution in [0.5, 0.6) is 0 Å². The van der Waals surface area contributed by atoms with Gasteiger partial charge in [0.05, 0.1) is 19.3 Å². The Hall–Kier alpha value is -1.88. The summed E-state index contributed by atoms with van der Waals surface area (Å²) < 4.78 is 9.43. The highest BCUT2D eigenvalue weighted by molar-refractivity contribution is 5.93. The molecule has 1 rings (SSSR count). The summed E-state index contributed by atoms with van der Waals surface area (Å²) in [7, 11) is 1.27. The van der Waals surface area contributed by atoms with E-state index in [4.69, 9.17) is 10.5 Å². The molecule has 0 amide bonds. The molecule has 2 N–H and O–H groups in total. The van der Waals surface area contributed by atoms with E-state index in [1.54, 1.807) is 31.2 Å². The van der Waals surface area contributed by atoms with E-state index in [1.807, 2.05) is 0 Å². The van der Waals surface area contributed by atoms with E-state index in [1.165, 1.54) is 7.11 Å². The highest BCUT2D eigenvalue weighted by Gasteiger charge is 2.22. The lowest BCUT2D eigenvalue weighted by Crippen LogP contribution is -2.25. The van der Waals surface area contributed by atoms with Crippen LogP contribution in [0.15, 0.2) is 24.3 Å². The van der Waals surface area contributed by atoms with Gasteiger partial charge in [0.2, 0.25) is 0 Å². The van der Waals surface area contributed by atoms with Crippen molar-refractivity contribution in [2.75, 3.05) is 13.7 Å². The van der Waals surface area contributed by atoms with Gasteiger partial charge in [-0.3, -0.25) is 0 Å². The van der Waals surface area contributed by atoms with Crippen LogP contribution in [-0.2, 0) is 14.3 Å². The van der Waals surface area contributed by atoms with Crippen molar-refractivity contribution in [3.05, 3.63) is 35.4 Å². The van der Waals surface area contributed by atoms with Crippen molar-refractivity contribution in [3.8, 4) is 0 Å². The Balaban J connectivity index is 3.04. The van der Waals surface area contributed by atoms with Gasteiger partial charge in [0.15, 0.2) is 0 Å². The van der Waals surface area contributed by atoms with Crippen LogP contribution in [-0.4, -0.2) is 25.7 Å². The fraction of sp³-hybridized carbons (Fsp3) is 0.333. The largest absolute Gasteiger partial charge is 0.465 e. The lowest BCUT2D eigenvalue weighted by Gasteiger charge is -2.13. The summed E-state index contributed by atoms with van der Waals surface area (Å²) in [6, 6.07) is 5.55. The van der Waals surface area contributed by atoms with Gasteiger partial charge < -0.3 is 15.2 Å². The van der Waals surface area contributed by atoms with E-state index in [9.17, 15) is 9.59 Å². The van der Waals surface area contributed by atoms with Gasteiger partial charge in [-0.2, -0.15) is 0 Å². The maximum absolute atomic E-state index is 11.5. The first kappa shape index (κ1) is 13.2. The average Bonchev–Trinajstić information content (AvgIpc) is 2.37. The summed E-state index contributed by atoms with van der Waals surface area (Å²) in [5.74, 6) is -1.09. The average molecular weight is 237 g/mol. The maximum atomic E-state index is 11.5. The quantitative estimate of drug-likeness (QED) is 0.791. The Morgan fingerprint density at radius 1 is 1.35 bits per heavy atom. The normalized spacial score (nSPS) is 11.7. The van der Waals surface area contributed by atoms with E-state index in [0.29, 0.717) is 5.56 Å². The number of rotatable bonds is 4. The molecule has 0 radical (unpaired) electrons. The predicted octanol–water partition coefficient (Wildman–Crippen LogP) is 1.04. The van der Waals surface area contributed by atoms with Crippen molar-refractivity contribution in [2.24, 2.45) is 5.73 Å². The van der Waals surface area contributed by atoms with E-state index in [-0.39, 0.29) is 12.2 Å². The third-order valence-electron chi connectivity index (χ3n) is 2.24. The van der Waals surface area contributed by atoms with Crippen molar-refractivity contribution in [3.63, 3.8) is 0 Å². The molecule has 1 aromatic carbocycles. The maximum Gasteiger partial charge on any atom is 0.338 e. The van der Waals surface area contributed by atoms with Gasteiger partial charge in [-0.15, -0.1) is 0 Å². The molecule has 92 valence electrons. The number of hydrogen-bond donors (Lipinski definition) is 1. The SMILES string of the molecule is CCOC(=O)[C@H](N)c1ccccc1C(=O)OC. The highest BCUT2D eigenvalue weighted by Crippen LogP contribution is 2.18. The summed E-state index contributed by atoms with van der Waals surface area (Å²) in [6.07, 6.45) is 0. The van der Waals surface area contributed by atoms with Gasteiger partial charge in [-0.25, -0.2) is 9.59 Å². The van der Waals surface area contributed by atoms with Crippen LogP contribution in [0.25, 0.3) is 0 Å². The summed E-state index contributed by atoms with van der Waals surface area (Å²) in [5, 5.41) is 0. The van der Waals surface area contributed by atoms with Gasteiger partial charge >= 0.3 is 11.9 Å². The molecule has 0 aromatic heterocycles. The summed E-state index contributed by atoms with van der Waals surface area (Å²) in [5.41, 5.74) is 6.41. The number of methoxy groups -OCH3 is 1. The summed E-state index contributed by atoms with van der Waals surface area (Å²) >= 11 is 0. The molecule has 0 bridgehead atoms. The predicted molar refractivity (Wildman–Crippen MR) is 61.3 cm³/mol. The Bertz CT molecular complexity index is 417. The molecule has 0 aliphatic carbocycles. The van der Waals surface area contributed by atoms with Crippen LogP contribution in [0.4, 0.5) is 0 Å². The molecular weight excluding hydrogens is 222 g/mol. The third-order valence-corrected chi connectivity index (χ3v) is 2.24. The molecule has 0 saturated heterocycles. The number of nitrogens with two attached hydrogens (primary N) is 1. The molecule has 0 fully saturated rings. The lowest BCUT2D eigenvalue weighted by atomic mass is 10.0. The van der Waals surface area contributed by atoms with Crippen LogP contribution in [0.1, 0.15) is 28.9 Å². The number of carbonyl (C=O) groups is 2. The Morgan fingerprint density at radius 3 is 2.59 bits per heavy atom. The number of esters is 2. The summed E-state index contributed by atoms with van der Waals surface area (Å²) in [4.78, 5) is 23.0. The Labute approximate surface area is 99.5 Å². The van der Waals surface area contributed by atoms with Crippen LogP contribution < -0.4 is 5.73 Å². The minimum absolute atomic E-state index is 0.243. The fourth-order valence-corrected chi connectivity index (χ4v) is 1.42. The molecule has 0 spiro atoms. The summed E-state index contributed by atoms with van der Waals surface area (Å²) in [6.45, 7) is 1.93. The van der Waals surface area contributed by atoms with Crippen LogP contribution in [0, 0.1) is 0 Å². The fourth-order valence-electron chi connectivity index (χ4n) is 1.42. The van der Waals surface area contributed by atoms with Gasteiger partial charge in [-0.05, 0) is 18.6 Å². The van der Waals surface area contributed by atoms with E-state index in [0.717, 1.165) is 0 Å². The van der Waals surface area contributed by atoms with Crippen molar-refractivity contribution in [1.82, 2.24) is 0 Å². The molecule has 0 unspecified atom stereocenters. The second-order valence-electron chi connectivity index (χ2n) is 3.31. The molecule has 5 heteroatoms. The molecule has 0 heterocycles. The van der Waals surface area contributed by atoms with Crippen LogP contribution in [0.2, 0.25) is 0 Å². The second kappa shape index (κ2) is 6.00. The van der Waals surface area contributed by atoms with Gasteiger partial charge in [0.1, 0.15) is 6.04 Å². The topological polar surface area (TPSA) is 78.6 Å². The first-order chi connectivity index (χ1) is 8.11. The van der Waals surface area contributed by atoms with Gasteiger partial charge in [-0.1, -0.05) is 18.2 Å². The van der Waals surface area contributed by atoms with E-state index >= 15 is 0 Å². The zero-order valence-electron chi connectivity index (χ0n) is 9.80. The molecule has 1 aromatic rings. The van der Waals surface area contributed by atoms with Gasteiger partial charge in [0, 0.05) is 0 Å². The molecule has 1 atom stereocenters. The molecule has 5 nitrogen and oxygen atoms in total. The van der Waals surface area contributed by atoms with Crippen LogP contribution in [0.3, 0.4) is 0 Å². The van der Waals surface area contributed by atoms with Crippen molar-refractivity contribution in [1.29, 1.82) is 0 Å². The first-order valence-corrected chi connectivity index (χ1v) is 5.21. The minimum Gasteiger partial charge on any atom is -0.465 e. The Morgan fingerprint density at radius 2 is 2.00 bits per heavy atom.